The van der Waals surface area contributed by atoms with E-state index in [4.69, 9.17) is 9.47 Å². The minimum Gasteiger partial charge on any atom is -0.458 e. The van der Waals surface area contributed by atoms with Crippen LogP contribution in [0.2, 0.25) is 0 Å². The molecule has 0 saturated carbocycles. The zero-order valence-electron chi connectivity index (χ0n) is 18.6. The highest BCUT2D eigenvalue weighted by Gasteiger charge is 2.45. The lowest BCUT2D eigenvalue weighted by Crippen LogP contribution is -2.44. The molecule has 6 rings (SSSR count). The average molecular weight is 466 g/mol. The Balaban J connectivity index is 1.66. The molecule has 34 heavy (non-hydrogen) atoms. The Morgan fingerprint density at radius 1 is 1.24 bits per heavy atom. The first-order chi connectivity index (χ1) is 16.3. The molecule has 9 heteroatoms. The van der Waals surface area contributed by atoms with Crippen molar-refractivity contribution in [3.63, 3.8) is 0 Å². The van der Waals surface area contributed by atoms with Gasteiger partial charge in [-0.15, -0.1) is 0 Å². The van der Waals surface area contributed by atoms with E-state index in [1.165, 1.54) is 16.7 Å². The van der Waals surface area contributed by atoms with Crippen LogP contribution < -0.4 is 11.0 Å². The highest BCUT2D eigenvalue weighted by Crippen LogP contribution is 2.38. The second-order valence-corrected chi connectivity index (χ2v) is 9.26. The van der Waals surface area contributed by atoms with Crippen LogP contribution in [-0.2, 0) is 39.6 Å². The Kier molecular flexibility index (Phi) is 4.59. The van der Waals surface area contributed by atoms with Gasteiger partial charge in [-0.2, -0.15) is 0 Å². The summed E-state index contributed by atoms with van der Waals surface area (Å²) in [5.41, 5.74) is -0.491. The van der Waals surface area contributed by atoms with E-state index in [-0.39, 0.29) is 47.4 Å². The van der Waals surface area contributed by atoms with E-state index >= 15 is 0 Å². The summed E-state index contributed by atoms with van der Waals surface area (Å²) in [5, 5.41) is 11.3. The molecule has 0 amide bonds. The van der Waals surface area contributed by atoms with Gasteiger partial charge in [-0.05, 0) is 37.1 Å². The quantitative estimate of drug-likeness (QED) is 0.464. The molecule has 0 radical (unpaired) electrons. The van der Waals surface area contributed by atoms with Crippen molar-refractivity contribution in [1.29, 1.82) is 0 Å². The molecule has 1 saturated heterocycles. The maximum Gasteiger partial charge on any atom is 0.343 e. The first-order valence-corrected chi connectivity index (χ1v) is 11.4. The Hall–Kier alpha value is -3.30. The normalized spacial score (nSPS) is 23.0. The number of nitrogens with zero attached hydrogens (tertiary/aromatic N) is 2. The number of aliphatic hydroxyl groups is 1. The molecule has 1 N–H and O–H groups in total. The predicted molar refractivity (Wildman–Crippen MR) is 120 cm³/mol. The monoisotopic (exact) mass is 466 g/mol. The Morgan fingerprint density at radius 3 is 2.79 bits per heavy atom. The molecule has 2 atom stereocenters. The van der Waals surface area contributed by atoms with Gasteiger partial charge in [0.05, 0.1) is 41.2 Å². The van der Waals surface area contributed by atoms with Gasteiger partial charge in [0.2, 0.25) is 0 Å². The number of hydrogen-bond donors (Lipinski definition) is 1. The molecule has 3 aliphatic heterocycles. The summed E-state index contributed by atoms with van der Waals surface area (Å²) in [4.78, 5) is 39.5. The second-order valence-electron chi connectivity index (χ2n) is 9.26. The van der Waals surface area contributed by atoms with Gasteiger partial charge in [-0.1, -0.05) is 6.92 Å². The maximum absolute atomic E-state index is 14.2. The number of ether oxygens (including phenoxy) is 2. The molecule has 3 aliphatic rings. The molecule has 1 unspecified atom stereocenters. The number of carbonyl (C=O) groups is 1. The Bertz CT molecular complexity index is 1500. The SMILES string of the molecule is CC[C@@]1(O)C(=O)OCc2c1cc1n(c2=O)Cc2c-1c(=O)c1cc(F)ccc1n2CC1CCOC1. The maximum atomic E-state index is 14.2. The van der Waals surface area contributed by atoms with E-state index < -0.39 is 22.9 Å². The van der Waals surface area contributed by atoms with Crippen molar-refractivity contribution in [2.24, 2.45) is 5.92 Å². The van der Waals surface area contributed by atoms with E-state index in [0.717, 1.165) is 6.42 Å². The number of hydrogen-bond acceptors (Lipinski definition) is 6. The van der Waals surface area contributed by atoms with E-state index in [1.807, 2.05) is 4.57 Å². The van der Waals surface area contributed by atoms with Crippen molar-refractivity contribution in [2.45, 2.75) is 45.1 Å². The minimum atomic E-state index is -1.96. The molecule has 0 bridgehead atoms. The third kappa shape index (κ3) is 2.80. The van der Waals surface area contributed by atoms with Crippen LogP contribution in [0.15, 0.2) is 33.9 Å². The van der Waals surface area contributed by atoms with Crippen LogP contribution in [0.5, 0.6) is 0 Å². The van der Waals surface area contributed by atoms with Gasteiger partial charge in [0.15, 0.2) is 11.0 Å². The number of rotatable bonds is 3. The molecule has 1 aromatic carbocycles. The number of esters is 1. The van der Waals surface area contributed by atoms with Crippen LogP contribution in [0.1, 0.15) is 36.6 Å². The van der Waals surface area contributed by atoms with Gasteiger partial charge in [0.25, 0.3) is 5.56 Å². The summed E-state index contributed by atoms with van der Waals surface area (Å²) >= 11 is 0. The van der Waals surface area contributed by atoms with Crippen LogP contribution in [-0.4, -0.2) is 33.4 Å². The Morgan fingerprint density at radius 2 is 2.06 bits per heavy atom. The van der Waals surface area contributed by atoms with Gasteiger partial charge in [0.1, 0.15) is 12.4 Å². The lowest BCUT2D eigenvalue weighted by molar-refractivity contribution is -0.172. The lowest BCUT2D eigenvalue weighted by Gasteiger charge is -2.31. The molecule has 176 valence electrons. The van der Waals surface area contributed by atoms with Crippen LogP contribution in [0.4, 0.5) is 4.39 Å². The fraction of sp³-hybridized carbons (Fsp3) is 0.400. The molecule has 1 fully saturated rings. The predicted octanol–water partition coefficient (Wildman–Crippen LogP) is 2.02. The molecule has 3 aromatic rings. The smallest absolute Gasteiger partial charge is 0.343 e. The third-order valence-corrected chi connectivity index (χ3v) is 7.41. The van der Waals surface area contributed by atoms with Crippen LogP contribution in [0.25, 0.3) is 22.2 Å². The van der Waals surface area contributed by atoms with E-state index in [2.05, 4.69) is 0 Å². The van der Waals surface area contributed by atoms with Crippen molar-refractivity contribution in [1.82, 2.24) is 9.13 Å². The molecule has 0 aliphatic carbocycles. The van der Waals surface area contributed by atoms with Gasteiger partial charge in [-0.3, -0.25) is 9.59 Å². The summed E-state index contributed by atoms with van der Waals surface area (Å²) in [6.07, 6.45) is 0.886. The van der Waals surface area contributed by atoms with Crippen molar-refractivity contribution in [2.75, 3.05) is 13.2 Å². The number of carbonyl (C=O) groups excluding carboxylic acids is 1. The van der Waals surface area contributed by atoms with Crippen molar-refractivity contribution in [3.8, 4) is 11.3 Å². The van der Waals surface area contributed by atoms with Gasteiger partial charge in [-0.25, -0.2) is 9.18 Å². The third-order valence-electron chi connectivity index (χ3n) is 7.41. The standard InChI is InChI=1S/C25H23FN2O6/c1-2-25(32)17-8-19-21-20(10-28(19)23(30)16(17)12-34-24(25)31)27(9-13-5-6-33-11-13)18-4-3-14(26)7-15(18)22(21)29/h3-4,7-8,13,32H,2,5-6,9-12H2,1H3/t13?,25-/m0/s1. The fourth-order valence-electron chi connectivity index (χ4n) is 5.51. The number of halogens is 1. The topological polar surface area (TPSA) is 99.8 Å². The molecular formula is C25H23FN2O6. The fourth-order valence-corrected chi connectivity index (χ4v) is 5.51. The molecule has 0 spiro atoms. The van der Waals surface area contributed by atoms with Crippen LogP contribution in [0.3, 0.4) is 0 Å². The number of cyclic esters (lactones) is 1. The number of fused-ring (bicyclic) bond motifs is 5. The van der Waals surface area contributed by atoms with Crippen LogP contribution in [0, 0.1) is 11.7 Å². The van der Waals surface area contributed by atoms with Gasteiger partial charge >= 0.3 is 5.97 Å². The molecule has 8 nitrogen and oxygen atoms in total. The van der Waals surface area contributed by atoms with Crippen molar-refractivity contribution >= 4 is 16.9 Å². The van der Waals surface area contributed by atoms with Crippen LogP contribution >= 0.6 is 0 Å². The van der Waals surface area contributed by atoms with E-state index in [1.54, 1.807) is 19.1 Å². The lowest BCUT2D eigenvalue weighted by atomic mass is 9.85. The summed E-state index contributed by atoms with van der Waals surface area (Å²) < 4.78 is 28.3. The highest BCUT2D eigenvalue weighted by molar-refractivity contribution is 5.88. The van der Waals surface area contributed by atoms with E-state index in [0.29, 0.717) is 42.2 Å². The summed E-state index contributed by atoms with van der Waals surface area (Å²) in [6.45, 7) is 3.37. The first-order valence-electron chi connectivity index (χ1n) is 11.4. The molecule has 5 heterocycles. The largest absolute Gasteiger partial charge is 0.458 e. The van der Waals surface area contributed by atoms with Crippen molar-refractivity contribution in [3.05, 3.63) is 67.5 Å². The second kappa shape index (κ2) is 7.35. The number of aromatic nitrogens is 2. The highest BCUT2D eigenvalue weighted by atomic mass is 19.1. The Labute approximate surface area is 193 Å². The zero-order chi connectivity index (χ0) is 23.8. The van der Waals surface area contributed by atoms with Gasteiger partial charge < -0.3 is 23.7 Å². The number of pyridine rings is 2. The zero-order valence-corrected chi connectivity index (χ0v) is 18.6. The van der Waals surface area contributed by atoms with Crippen molar-refractivity contribution < 1.29 is 23.8 Å². The molecule has 2 aromatic heterocycles. The van der Waals surface area contributed by atoms with Gasteiger partial charge in [0, 0.05) is 30.0 Å². The summed E-state index contributed by atoms with van der Waals surface area (Å²) in [7, 11) is 0. The average Bonchev–Trinajstić information content (AvgIpc) is 3.48. The van der Waals surface area contributed by atoms with E-state index in [9.17, 15) is 23.9 Å². The first kappa shape index (κ1) is 21.2. The summed E-state index contributed by atoms with van der Waals surface area (Å²) in [5.74, 6) is -1.11. The minimum absolute atomic E-state index is 0.0173. The number of benzene rings is 1. The molecular weight excluding hydrogens is 443 g/mol. The summed E-state index contributed by atoms with van der Waals surface area (Å²) in [6, 6.07) is 5.70.